The second kappa shape index (κ2) is 10.7. The van der Waals surface area contributed by atoms with Gasteiger partial charge in [0.1, 0.15) is 6.54 Å². The molecular formula is C20H16Cl2N6O5S. The standard InChI is InChI=1S/C20H16Cl2N6O5S/c21-15-2-1-3-16(22)14(15)8-19-24-27-28(25-19)11-18(29)17(9-20(30)31)26-34(32,33)13-6-4-12(10-23)5-7-13/h1-7,17,26H,8-9,11H2,(H,30,31). The molecule has 14 heteroatoms. The number of tetrazole rings is 1. The summed E-state index contributed by atoms with van der Waals surface area (Å²) in [5.41, 5.74) is 0.805. The van der Waals surface area contributed by atoms with Crippen LogP contribution in [0.25, 0.3) is 0 Å². The number of Topliss-reactive ketones (excluding diaryl/α,β-unsaturated/α-hetero) is 1. The van der Waals surface area contributed by atoms with Crippen molar-refractivity contribution in [2.45, 2.75) is 30.3 Å². The number of nitrogens with zero attached hydrogens (tertiary/aromatic N) is 5. The van der Waals surface area contributed by atoms with E-state index in [-0.39, 0.29) is 22.7 Å². The predicted molar refractivity (Wildman–Crippen MR) is 120 cm³/mol. The fourth-order valence-corrected chi connectivity index (χ4v) is 4.63. The van der Waals surface area contributed by atoms with Gasteiger partial charge in [-0.15, -0.1) is 10.2 Å². The Kier molecular flexibility index (Phi) is 7.95. The lowest BCUT2D eigenvalue weighted by Crippen LogP contribution is -2.43. The fourth-order valence-electron chi connectivity index (χ4n) is 2.88. The monoisotopic (exact) mass is 522 g/mol. The SMILES string of the molecule is N#Cc1ccc(S(=O)(=O)NC(CC(=O)O)C(=O)Cn2nnc(Cc3c(Cl)cccc3Cl)n2)cc1. The van der Waals surface area contributed by atoms with Gasteiger partial charge in [0.15, 0.2) is 11.6 Å². The molecule has 0 bridgehead atoms. The first-order valence-electron chi connectivity index (χ1n) is 9.55. The number of hydrogen-bond acceptors (Lipinski definition) is 8. The molecule has 1 atom stereocenters. The van der Waals surface area contributed by atoms with Gasteiger partial charge in [0.05, 0.1) is 29.0 Å². The molecule has 0 aliphatic heterocycles. The van der Waals surface area contributed by atoms with Gasteiger partial charge in [-0.3, -0.25) is 9.59 Å². The Labute approximate surface area is 204 Å². The summed E-state index contributed by atoms with van der Waals surface area (Å²) in [6.07, 6.45) is -0.665. The van der Waals surface area contributed by atoms with Gasteiger partial charge in [0.25, 0.3) is 0 Å². The number of nitrogens with one attached hydrogen (secondary N) is 1. The molecule has 0 aliphatic carbocycles. The lowest BCUT2D eigenvalue weighted by molar-refractivity contribution is -0.139. The van der Waals surface area contributed by atoms with Gasteiger partial charge in [0, 0.05) is 16.5 Å². The maximum Gasteiger partial charge on any atom is 0.305 e. The highest BCUT2D eigenvalue weighted by atomic mass is 35.5. The van der Waals surface area contributed by atoms with Gasteiger partial charge in [-0.25, -0.2) is 8.42 Å². The van der Waals surface area contributed by atoms with Crippen LogP contribution >= 0.6 is 23.2 Å². The van der Waals surface area contributed by atoms with E-state index in [4.69, 9.17) is 33.6 Å². The summed E-state index contributed by atoms with van der Waals surface area (Å²) < 4.78 is 27.4. The molecule has 0 amide bonds. The molecule has 3 rings (SSSR count). The van der Waals surface area contributed by atoms with Crippen LogP contribution in [0.3, 0.4) is 0 Å². The van der Waals surface area contributed by atoms with Crippen molar-refractivity contribution in [3.05, 3.63) is 69.5 Å². The highest BCUT2D eigenvalue weighted by molar-refractivity contribution is 7.89. The van der Waals surface area contributed by atoms with Crippen molar-refractivity contribution in [2.75, 3.05) is 0 Å². The summed E-state index contributed by atoms with van der Waals surface area (Å²) in [5.74, 6) is -1.98. The number of carbonyl (C=O) groups excluding carboxylic acids is 1. The zero-order valence-electron chi connectivity index (χ0n) is 17.2. The van der Waals surface area contributed by atoms with Crippen LogP contribution in [0.1, 0.15) is 23.4 Å². The number of halogens is 2. The lowest BCUT2D eigenvalue weighted by Gasteiger charge is -2.15. The first kappa shape index (κ1) is 25.3. The number of aromatic nitrogens is 4. The summed E-state index contributed by atoms with van der Waals surface area (Å²) in [6, 6.07) is 10.2. The number of hydrogen-bond donors (Lipinski definition) is 2. The zero-order valence-corrected chi connectivity index (χ0v) is 19.5. The number of ketones is 1. The number of carboxylic acid groups (broad SMARTS) is 1. The Bertz CT molecular complexity index is 1350. The molecule has 11 nitrogen and oxygen atoms in total. The van der Waals surface area contributed by atoms with Gasteiger partial charge >= 0.3 is 5.97 Å². The minimum atomic E-state index is -4.25. The third-order valence-corrected chi connectivity index (χ3v) is 6.74. The molecule has 2 N–H and O–H groups in total. The van der Waals surface area contributed by atoms with E-state index in [9.17, 15) is 18.0 Å². The molecular weight excluding hydrogens is 507 g/mol. The number of carbonyl (C=O) groups is 2. The molecule has 0 saturated carbocycles. The molecule has 3 aromatic rings. The molecule has 1 aromatic heterocycles. The maximum atomic E-state index is 12.7. The second-order valence-corrected chi connectivity index (χ2v) is 9.52. The molecule has 1 unspecified atom stereocenters. The summed E-state index contributed by atoms with van der Waals surface area (Å²) in [7, 11) is -4.25. The number of aliphatic carboxylic acids is 1. The Hall–Kier alpha value is -3.37. The van der Waals surface area contributed by atoms with Gasteiger partial charge in [-0.1, -0.05) is 29.3 Å². The van der Waals surface area contributed by atoms with Crippen LogP contribution < -0.4 is 4.72 Å². The third-order valence-electron chi connectivity index (χ3n) is 4.55. The molecule has 34 heavy (non-hydrogen) atoms. The van der Waals surface area contributed by atoms with Crippen LogP contribution in [0.15, 0.2) is 47.4 Å². The molecule has 0 saturated heterocycles. The van der Waals surface area contributed by atoms with Crippen molar-refractivity contribution in [3.8, 4) is 6.07 Å². The van der Waals surface area contributed by atoms with Gasteiger partial charge < -0.3 is 5.11 Å². The first-order valence-corrected chi connectivity index (χ1v) is 11.8. The van der Waals surface area contributed by atoms with Crippen molar-refractivity contribution in [3.63, 3.8) is 0 Å². The number of sulfonamides is 1. The molecule has 1 heterocycles. The average molecular weight is 523 g/mol. The van der Waals surface area contributed by atoms with Crippen LogP contribution in [0.4, 0.5) is 0 Å². The minimum absolute atomic E-state index is 0.135. The fraction of sp³-hybridized carbons (Fsp3) is 0.200. The topological polar surface area (TPSA) is 168 Å². The van der Waals surface area contributed by atoms with Crippen molar-refractivity contribution >= 4 is 45.0 Å². The molecule has 0 aliphatic rings. The summed E-state index contributed by atoms with van der Waals surface area (Å²) >= 11 is 12.3. The molecule has 2 aromatic carbocycles. The van der Waals surface area contributed by atoms with E-state index in [0.717, 1.165) is 4.80 Å². The van der Waals surface area contributed by atoms with Crippen molar-refractivity contribution in [2.24, 2.45) is 0 Å². The Morgan fingerprint density at radius 3 is 2.38 bits per heavy atom. The molecule has 0 fully saturated rings. The Balaban J connectivity index is 1.74. The lowest BCUT2D eigenvalue weighted by atomic mass is 10.1. The third kappa shape index (κ3) is 6.36. The zero-order chi connectivity index (χ0) is 24.9. The van der Waals surface area contributed by atoms with E-state index in [1.807, 2.05) is 6.07 Å². The van der Waals surface area contributed by atoms with E-state index in [2.05, 4.69) is 20.1 Å². The van der Waals surface area contributed by atoms with Crippen molar-refractivity contribution < 1.29 is 23.1 Å². The van der Waals surface area contributed by atoms with Crippen LogP contribution in [0.2, 0.25) is 10.0 Å². The predicted octanol–water partition coefficient (Wildman–Crippen LogP) is 1.83. The van der Waals surface area contributed by atoms with E-state index in [1.165, 1.54) is 24.3 Å². The number of rotatable bonds is 10. The smallest absolute Gasteiger partial charge is 0.305 e. The van der Waals surface area contributed by atoms with Crippen LogP contribution in [-0.4, -0.2) is 51.5 Å². The van der Waals surface area contributed by atoms with Crippen molar-refractivity contribution in [1.29, 1.82) is 5.26 Å². The van der Waals surface area contributed by atoms with Crippen LogP contribution in [0.5, 0.6) is 0 Å². The molecule has 0 spiro atoms. The average Bonchev–Trinajstić information content (AvgIpc) is 3.22. The molecule has 176 valence electrons. The van der Waals surface area contributed by atoms with Crippen LogP contribution in [-0.2, 0) is 32.6 Å². The highest BCUT2D eigenvalue weighted by Gasteiger charge is 2.28. The first-order chi connectivity index (χ1) is 16.1. The van der Waals surface area contributed by atoms with Gasteiger partial charge in [-0.2, -0.15) is 14.8 Å². The molecule has 0 radical (unpaired) electrons. The second-order valence-electron chi connectivity index (χ2n) is 6.99. The minimum Gasteiger partial charge on any atom is -0.481 e. The van der Waals surface area contributed by atoms with E-state index in [0.29, 0.717) is 15.6 Å². The number of nitriles is 1. The Morgan fingerprint density at radius 1 is 1.15 bits per heavy atom. The highest BCUT2D eigenvalue weighted by Crippen LogP contribution is 2.25. The van der Waals surface area contributed by atoms with E-state index in [1.54, 1.807) is 18.2 Å². The number of carboxylic acids is 1. The van der Waals surface area contributed by atoms with E-state index < -0.39 is 40.8 Å². The maximum absolute atomic E-state index is 12.7. The Morgan fingerprint density at radius 2 is 1.79 bits per heavy atom. The van der Waals surface area contributed by atoms with Crippen LogP contribution in [0, 0.1) is 11.3 Å². The number of benzene rings is 2. The largest absolute Gasteiger partial charge is 0.481 e. The van der Waals surface area contributed by atoms with E-state index >= 15 is 0 Å². The van der Waals surface area contributed by atoms with Gasteiger partial charge in [0.2, 0.25) is 10.0 Å². The van der Waals surface area contributed by atoms with Gasteiger partial charge in [-0.05, 0) is 47.2 Å². The summed E-state index contributed by atoms with van der Waals surface area (Å²) in [6.45, 7) is -0.531. The summed E-state index contributed by atoms with van der Waals surface area (Å²) in [4.78, 5) is 24.7. The van der Waals surface area contributed by atoms with Crippen molar-refractivity contribution in [1.82, 2.24) is 24.9 Å². The summed E-state index contributed by atoms with van der Waals surface area (Å²) in [5, 5.41) is 30.5. The quantitative estimate of drug-likeness (QED) is 0.403. The normalized spacial score (nSPS) is 12.1.